The Bertz CT molecular complexity index is 1370. The monoisotopic (exact) mass is 583 g/mol. The number of carbonyl (C=O) groups excluding carboxylic acids is 1. The summed E-state index contributed by atoms with van der Waals surface area (Å²) >= 11 is 0. The first kappa shape index (κ1) is 29.1. The number of nitrogens with one attached hydrogen (secondary N) is 1. The molecule has 0 saturated carbocycles. The van der Waals surface area contributed by atoms with Gasteiger partial charge in [-0.1, -0.05) is 45.9 Å². The second-order valence-corrected chi connectivity index (χ2v) is 13.2. The Morgan fingerprint density at radius 3 is 2.70 bits per heavy atom. The summed E-state index contributed by atoms with van der Waals surface area (Å²) in [6.45, 7) is 0.337. The molecule has 1 saturated heterocycles. The Kier molecular flexibility index (Phi) is 9.48. The van der Waals surface area contributed by atoms with Gasteiger partial charge in [0, 0.05) is 29.4 Å². The molecule has 3 aromatic rings. The number of fused-ring (bicyclic) bond motifs is 9. The van der Waals surface area contributed by atoms with Gasteiger partial charge in [-0.25, -0.2) is 0 Å². The topological polar surface area (TPSA) is 108 Å². The van der Waals surface area contributed by atoms with E-state index in [-0.39, 0.29) is 34.6 Å². The maximum Gasteiger partial charge on any atom is 0.168 e. The molecule has 0 radical (unpaired) electrons. The highest BCUT2D eigenvalue weighted by molar-refractivity contribution is 8.76. The number of aliphatic hydroxyl groups excluding tert-OH is 1. The molecule has 1 fully saturated rings. The van der Waals surface area contributed by atoms with Crippen LogP contribution in [0.2, 0.25) is 0 Å². The lowest BCUT2D eigenvalue weighted by Crippen LogP contribution is -2.33. The van der Waals surface area contributed by atoms with Gasteiger partial charge in [0.2, 0.25) is 0 Å². The van der Waals surface area contributed by atoms with Crippen molar-refractivity contribution in [3.8, 4) is 28.4 Å². The minimum atomic E-state index is -0.501. The average Bonchev–Trinajstić information content (AvgIpc) is 3.03. The summed E-state index contributed by atoms with van der Waals surface area (Å²) in [5, 5.41) is 37.3. The normalized spacial score (nSPS) is 24.0. The molecule has 2 bridgehead atoms. The molecule has 4 N–H and O–H groups in total. The number of ether oxygens (including phenoxy) is 2. The predicted molar refractivity (Wildman–Crippen MR) is 162 cm³/mol. The molecule has 7 nitrogen and oxygen atoms in total. The summed E-state index contributed by atoms with van der Waals surface area (Å²) < 4.78 is 12.0. The van der Waals surface area contributed by atoms with Crippen LogP contribution in [0.5, 0.6) is 17.2 Å². The Morgan fingerprint density at radius 1 is 1.07 bits per heavy atom. The molecule has 40 heavy (non-hydrogen) atoms. The van der Waals surface area contributed by atoms with E-state index >= 15 is 0 Å². The van der Waals surface area contributed by atoms with Gasteiger partial charge in [0.15, 0.2) is 11.5 Å². The van der Waals surface area contributed by atoms with Crippen molar-refractivity contribution in [3.05, 3.63) is 53.6 Å². The van der Waals surface area contributed by atoms with Crippen LogP contribution in [-0.2, 0) is 16.0 Å². The SMILES string of the molecule is CNCO[C@H]1CC(=O)CCc2ccc(O)c(OC)c2-c2ccc3ccc(O)cc3c2[C@@H]2CC[C@H]1C[C@@H](O)CSS2. The fourth-order valence-corrected chi connectivity index (χ4v) is 8.95. The van der Waals surface area contributed by atoms with Crippen molar-refractivity contribution in [2.45, 2.75) is 56.0 Å². The number of ketones is 1. The van der Waals surface area contributed by atoms with Crippen LogP contribution in [-0.4, -0.2) is 60.0 Å². The average molecular weight is 584 g/mol. The van der Waals surface area contributed by atoms with Crippen LogP contribution in [0.15, 0.2) is 42.5 Å². The molecule has 1 aliphatic carbocycles. The number of Topliss-reactive ketones (excluding diaryl/α,β-unsaturated/α-hetero) is 1. The number of carbonyl (C=O) groups is 1. The van der Waals surface area contributed by atoms with Crippen molar-refractivity contribution in [2.24, 2.45) is 5.92 Å². The number of aliphatic hydroxyl groups is 1. The Balaban J connectivity index is 1.76. The molecule has 0 spiro atoms. The number of aromatic hydroxyl groups is 2. The van der Waals surface area contributed by atoms with Crippen molar-refractivity contribution in [3.63, 3.8) is 0 Å². The number of hydrogen-bond donors (Lipinski definition) is 4. The van der Waals surface area contributed by atoms with Crippen molar-refractivity contribution >= 4 is 38.1 Å². The summed E-state index contributed by atoms with van der Waals surface area (Å²) in [6.07, 6.45) is 2.45. The lowest BCUT2D eigenvalue weighted by Gasteiger charge is -2.29. The van der Waals surface area contributed by atoms with Gasteiger partial charge in [-0.3, -0.25) is 10.1 Å². The maximum atomic E-state index is 13.3. The van der Waals surface area contributed by atoms with E-state index in [0.717, 1.165) is 45.9 Å². The number of benzene rings is 3. The molecule has 214 valence electrons. The fraction of sp³-hybridized carbons (Fsp3) is 0.452. The largest absolute Gasteiger partial charge is 0.508 e. The van der Waals surface area contributed by atoms with Crippen LogP contribution in [0.25, 0.3) is 21.9 Å². The zero-order chi connectivity index (χ0) is 28.2. The van der Waals surface area contributed by atoms with E-state index in [2.05, 4.69) is 11.4 Å². The van der Waals surface area contributed by atoms with E-state index in [9.17, 15) is 20.1 Å². The highest BCUT2D eigenvalue weighted by Crippen LogP contribution is 2.52. The molecule has 0 aromatic heterocycles. The lowest BCUT2D eigenvalue weighted by molar-refractivity contribution is -0.123. The van der Waals surface area contributed by atoms with Crippen molar-refractivity contribution in [1.82, 2.24) is 5.32 Å². The quantitative estimate of drug-likeness (QED) is 0.218. The van der Waals surface area contributed by atoms with Gasteiger partial charge in [-0.15, -0.1) is 0 Å². The van der Waals surface area contributed by atoms with Crippen molar-refractivity contribution < 1.29 is 29.6 Å². The molecular formula is C31H37NO6S2. The molecule has 0 unspecified atom stereocenters. The molecule has 1 heterocycles. The number of phenolic OH excluding ortho intramolecular Hbond substituents is 2. The third-order valence-corrected chi connectivity index (χ3v) is 10.8. The van der Waals surface area contributed by atoms with Gasteiger partial charge in [0.1, 0.15) is 11.5 Å². The summed E-state index contributed by atoms with van der Waals surface area (Å²) in [5.41, 5.74) is 3.68. The number of rotatable bonds is 4. The second kappa shape index (κ2) is 13.0. The van der Waals surface area contributed by atoms with Crippen LogP contribution in [0, 0.1) is 5.92 Å². The van der Waals surface area contributed by atoms with Crippen LogP contribution in [0.1, 0.15) is 48.5 Å². The minimum absolute atomic E-state index is 0.0135. The van der Waals surface area contributed by atoms with Crippen LogP contribution in [0.3, 0.4) is 0 Å². The third-order valence-electron chi connectivity index (χ3n) is 7.95. The first-order valence-corrected chi connectivity index (χ1v) is 16.2. The first-order valence-electron chi connectivity index (χ1n) is 13.8. The van der Waals surface area contributed by atoms with E-state index in [1.807, 2.05) is 31.3 Å². The third kappa shape index (κ3) is 6.24. The highest BCUT2D eigenvalue weighted by Gasteiger charge is 2.33. The van der Waals surface area contributed by atoms with Crippen LogP contribution < -0.4 is 10.1 Å². The number of phenols is 2. The molecule has 9 heteroatoms. The molecule has 2 aliphatic rings. The lowest BCUT2D eigenvalue weighted by atomic mass is 9.85. The zero-order valence-electron chi connectivity index (χ0n) is 22.9. The zero-order valence-corrected chi connectivity index (χ0v) is 24.5. The summed E-state index contributed by atoms with van der Waals surface area (Å²) in [7, 11) is 6.75. The Labute approximate surface area is 243 Å². The number of aryl methyl sites for hydroxylation is 1. The van der Waals surface area contributed by atoms with E-state index in [0.29, 0.717) is 43.9 Å². The molecule has 5 rings (SSSR count). The maximum absolute atomic E-state index is 13.3. The predicted octanol–water partition coefficient (Wildman–Crippen LogP) is 5.98. The fourth-order valence-electron chi connectivity index (χ4n) is 6.05. The van der Waals surface area contributed by atoms with E-state index < -0.39 is 6.10 Å². The van der Waals surface area contributed by atoms with Gasteiger partial charge in [0.25, 0.3) is 0 Å². The molecule has 0 amide bonds. The standard InChI is InChI=1S/C31H37NO6S2/c1-32-17-38-27-15-22(34)9-4-19-6-11-26(36)31(37-2)29(19)24-10-5-18-3-8-21(33)14-25(18)30(24)28-12-7-20(27)13-23(35)16-39-40-28/h3,5-6,8,10-11,14,20,23,27-28,32-33,35-36H,4,7,9,12-13,15-17H2,1-2H3/t20-,23+,27-,28-/m0/s1. The molecular weight excluding hydrogens is 546 g/mol. The van der Waals surface area contributed by atoms with E-state index in [4.69, 9.17) is 9.47 Å². The number of methoxy groups -OCH3 is 1. The van der Waals surface area contributed by atoms with E-state index in [1.165, 1.54) is 0 Å². The first-order chi connectivity index (χ1) is 19.4. The molecule has 3 aromatic carbocycles. The van der Waals surface area contributed by atoms with E-state index in [1.54, 1.807) is 40.8 Å². The minimum Gasteiger partial charge on any atom is -0.508 e. The van der Waals surface area contributed by atoms with Gasteiger partial charge >= 0.3 is 0 Å². The van der Waals surface area contributed by atoms with Crippen LogP contribution >= 0.6 is 21.6 Å². The number of hydrogen-bond acceptors (Lipinski definition) is 9. The molecule has 4 atom stereocenters. The smallest absolute Gasteiger partial charge is 0.168 e. The van der Waals surface area contributed by atoms with Gasteiger partial charge in [0.05, 0.1) is 26.0 Å². The summed E-state index contributed by atoms with van der Waals surface area (Å²) in [5.74, 6) is 1.30. The highest BCUT2D eigenvalue weighted by atomic mass is 33.1. The van der Waals surface area contributed by atoms with Crippen molar-refractivity contribution in [1.29, 1.82) is 0 Å². The van der Waals surface area contributed by atoms with Crippen molar-refractivity contribution in [2.75, 3.05) is 26.6 Å². The van der Waals surface area contributed by atoms with Gasteiger partial charge < -0.3 is 24.8 Å². The Morgan fingerprint density at radius 2 is 1.90 bits per heavy atom. The summed E-state index contributed by atoms with van der Waals surface area (Å²) in [6, 6.07) is 13.0. The van der Waals surface area contributed by atoms with Gasteiger partial charge in [-0.2, -0.15) is 0 Å². The summed E-state index contributed by atoms with van der Waals surface area (Å²) in [4.78, 5) is 13.3. The Hall–Kier alpha value is -2.43. The second-order valence-electron chi connectivity index (χ2n) is 10.6. The van der Waals surface area contributed by atoms with Crippen LogP contribution in [0.4, 0.5) is 0 Å². The van der Waals surface area contributed by atoms with Gasteiger partial charge in [-0.05, 0) is 84.3 Å². The molecule has 1 aliphatic heterocycles.